The van der Waals surface area contributed by atoms with Gasteiger partial charge in [-0.05, 0) is 13.8 Å². The van der Waals surface area contributed by atoms with E-state index < -0.39 is 12.0 Å². The fourth-order valence-corrected chi connectivity index (χ4v) is 0.373. The van der Waals surface area contributed by atoms with Crippen LogP contribution in [0.15, 0.2) is 11.6 Å². The van der Waals surface area contributed by atoms with Crippen LogP contribution in [0.25, 0.3) is 0 Å². The van der Waals surface area contributed by atoms with Crippen molar-refractivity contribution in [1.82, 2.24) is 5.32 Å². The molecule has 4 nitrogen and oxygen atoms in total. The minimum atomic E-state index is -0.740. The third-order valence-corrected chi connectivity index (χ3v) is 1.19. The van der Waals surface area contributed by atoms with Crippen LogP contribution in [0.2, 0.25) is 0 Å². The van der Waals surface area contributed by atoms with E-state index in [-0.39, 0.29) is 0 Å². The lowest BCUT2D eigenvalue weighted by Crippen LogP contribution is -2.30. The number of amides is 2. The quantitative estimate of drug-likeness (QED) is 0.574. The predicted molar refractivity (Wildman–Crippen MR) is 40.0 cm³/mol. The van der Waals surface area contributed by atoms with Gasteiger partial charge < -0.3 is 4.74 Å². The summed E-state index contributed by atoms with van der Waals surface area (Å²) in [6, 6.07) is 0. The second kappa shape index (κ2) is 4.49. The lowest BCUT2D eigenvalue weighted by Gasteiger charge is -2.00. The first-order chi connectivity index (χ1) is 5.11. The summed E-state index contributed by atoms with van der Waals surface area (Å²) >= 11 is 0. The number of methoxy groups -OCH3 is 1. The van der Waals surface area contributed by atoms with Crippen LogP contribution in [0, 0.1) is 0 Å². The average molecular weight is 157 g/mol. The Balaban J connectivity index is 3.98. The molecule has 1 N–H and O–H groups in total. The van der Waals surface area contributed by atoms with Crippen molar-refractivity contribution in [2.24, 2.45) is 0 Å². The molecule has 0 unspecified atom stereocenters. The van der Waals surface area contributed by atoms with Gasteiger partial charge >= 0.3 is 6.09 Å². The van der Waals surface area contributed by atoms with E-state index in [0.29, 0.717) is 5.57 Å². The number of ether oxygens (including phenoxy) is 1. The van der Waals surface area contributed by atoms with Gasteiger partial charge in [-0.15, -0.1) is 0 Å². The van der Waals surface area contributed by atoms with Crippen molar-refractivity contribution in [2.75, 3.05) is 7.11 Å². The van der Waals surface area contributed by atoms with Crippen molar-refractivity contribution in [1.29, 1.82) is 0 Å². The summed E-state index contributed by atoms with van der Waals surface area (Å²) in [5, 5.41) is 2.01. The summed E-state index contributed by atoms with van der Waals surface area (Å²) in [5.74, 6) is -0.431. The molecule has 0 aliphatic rings. The Labute approximate surface area is 65.2 Å². The summed E-state index contributed by atoms with van der Waals surface area (Å²) in [4.78, 5) is 21.3. The van der Waals surface area contributed by atoms with Gasteiger partial charge in [0.05, 0.1) is 7.11 Å². The zero-order valence-electron chi connectivity index (χ0n) is 6.80. The van der Waals surface area contributed by atoms with Crippen LogP contribution >= 0.6 is 0 Å². The van der Waals surface area contributed by atoms with Gasteiger partial charge in [-0.2, -0.15) is 0 Å². The van der Waals surface area contributed by atoms with Crippen LogP contribution in [0.4, 0.5) is 4.79 Å². The first-order valence-corrected chi connectivity index (χ1v) is 3.14. The smallest absolute Gasteiger partial charge is 0.413 e. The standard InChI is InChI=1S/C7H11NO3/c1-4-5(2)6(9)8-7(10)11-3/h4H,1-3H3,(H,8,9,10)/b5-4-. The zero-order valence-corrected chi connectivity index (χ0v) is 6.80. The normalized spacial score (nSPS) is 10.6. The van der Waals surface area contributed by atoms with Gasteiger partial charge in [0.2, 0.25) is 0 Å². The molecule has 0 heterocycles. The summed E-state index contributed by atoms with van der Waals surface area (Å²) in [7, 11) is 1.20. The maximum Gasteiger partial charge on any atom is 0.413 e. The molecule has 11 heavy (non-hydrogen) atoms. The molecule has 0 aliphatic carbocycles. The van der Waals surface area contributed by atoms with E-state index in [1.165, 1.54) is 7.11 Å². The second-order valence-corrected chi connectivity index (χ2v) is 1.92. The first-order valence-electron chi connectivity index (χ1n) is 3.14. The monoisotopic (exact) mass is 157 g/mol. The van der Waals surface area contributed by atoms with Gasteiger partial charge in [0, 0.05) is 5.57 Å². The molecule has 0 fully saturated rings. The Morgan fingerprint density at radius 1 is 1.45 bits per heavy atom. The molecule has 0 radical (unpaired) electrons. The number of carbonyl (C=O) groups is 2. The zero-order chi connectivity index (χ0) is 8.85. The van der Waals surface area contributed by atoms with Gasteiger partial charge in [0.1, 0.15) is 0 Å². The highest BCUT2D eigenvalue weighted by molar-refractivity contribution is 6.01. The van der Waals surface area contributed by atoms with Crippen LogP contribution in [0.1, 0.15) is 13.8 Å². The molecular formula is C7H11NO3. The molecule has 0 aromatic heterocycles. The van der Waals surface area contributed by atoms with Crippen molar-refractivity contribution >= 4 is 12.0 Å². The van der Waals surface area contributed by atoms with E-state index in [9.17, 15) is 9.59 Å². The van der Waals surface area contributed by atoms with E-state index in [1.54, 1.807) is 19.9 Å². The van der Waals surface area contributed by atoms with E-state index in [2.05, 4.69) is 4.74 Å². The van der Waals surface area contributed by atoms with E-state index in [0.717, 1.165) is 0 Å². The van der Waals surface area contributed by atoms with E-state index in [1.807, 2.05) is 5.32 Å². The van der Waals surface area contributed by atoms with Gasteiger partial charge in [0.15, 0.2) is 0 Å². The van der Waals surface area contributed by atoms with Crippen molar-refractivity contribution in [3.05, 3.63) is 11.6 Å². The van der Waals surface area contributed by atoms with Gasteiger partial charge in [-0.25, -0.2) is 4.79 Å². The summed E-state index contributed by atoms with van der Waals surface area (Å²) in [6.07, 6.45) is 0.870. The number of allylic oxidation sites excluding steroid dienone is 1. The Morgan fingerprint density at radius 2 is 2.00 bits per heavy atom. The van der Waals surface area contributed by atoms with E-state index >= 15 is 0 Å². The molecule has 0 aliphatic heterocycles. The molecule has 0 rings (SSSR count). The van der Waals surface area contributed by atoms with Crippen molar-refractivity contribution in [3.8, 4) is 0 Å². The number of nitrogens with one attached hydrogen (secondary N) is 1. The Kier molecular flexibility index (Phi) is 3.95. The van der Waals surface area contributed by atoms with Crippen LogP contribution in [0.5, 0.6) is 0 Å². The Bertz CT molecular complexity index is 196. The molecule has 0 saturated carbocycles. The molecule has 0 saturated heterocycles. The number of rotatable bonds is 1. The van der Waals surface area contributed by atoms with Crippen LogP contribution in [-0.2, 0) is 9.53 Å². The van der Waals surface area contributed by atoms with Gasteiger partial charge in [0.25, 0.3) is 5.91 Å². The van der Waals surface area contributed by atoms with Gasteiger partial charge in [-0.1, -0.05) is 6.08 Å². The summed E-state index contributed by atoms with van der Waals surface area (Å²) in [5.41, 5.74) is 0.482. The molecule has 2 amide bonds. The third-order valence-electron chi connectivity index (χ3n) is 1.19. The van der Waals surface area contributed by atoms with Crippen molar-refractivity contribution in [3.63, 3.8) is 0 Å². The molecule has 0 atom stereocenters. The molecule has 0 bridgehead atoms. The predicted octanol–water partition coefficient (Wildman–Crippen LogP) is 0.835. The molecule has 0 aromatic carbocycles. The lowest BCUT2D eigenvalue weighted by molar-refractivity contribution is -0.116. The molecule has 4 heteroatoms. The lowest BCUT2D eigenvalue weighted by atomic mass is 10.3. The summed E-state index contributed by atoms with van der Waals surface area (Å²) in [6.45, 7) is 3.32. The fourth-order valence-electron chi connectivity index (χ4n) is 0.373. The molecule has 62 valence electrons. The summed E-state index contributed by atoms with van der Waals surface area (Å²) < 4.78 is 4.22. The van der Waals surface area contributed by atoms with E-state index in [4.69, 9.17) is 0 Å². The fraction of sp³-hybridized carbons (Fsp3) is 0.429. The maximum atomic E-state index is 10.9. The number of imide groups is 1. The van der Waals surface area contributed by atoms with Crippen LogP contribution < -0.4 is 5.32 Å². The molecule has 0 spiro atoms. The average Bonchev–Trinajstić information content (AvgIpc) is 2.02. The van der Waals surface area contributed by atoms with Crippen LogP contribution in [0.3, 0.4) is 0 Å². The Morgan fingerprint density at radius 3 is 2.36 bits per heavy atom. The minimum absolute atomic E-state index is 0.431. The number of carbonyl (C=O) groups excluding carboxylic acids is 2. The topological polar surface area (TPSA) is 55.4 Å². The van der Waals surface area contributed by atoms with Crippen LogP contribution in [-0.4, -0.2) is 19.1 Å². The minimum Gasteiger partial charge on any atom is -0.453 e. The Hall–Kier alpha value is -1.32. The number of hydrogen-bond donors (Lipinski definition) is 1. The highest BCUT2D eigenvalue weighted by atomic mass is 16.5. The molecular weight excluding hydrogens is 146 g/mol. The number of hydrogen-bond acceptors (Lipinski definition) is 3. The third kappa shape index (κ3) is 3.40. The first kappa shape index (κ1) is 9.68. The van der Waals surface area contributed by atoms with Gasteiger partial charge in [-0.3, -0.25) is 10.1 Å². The second-order valence-electron chi connectivity index (χ2n) is 1.92. The van der Waals surface area contributed by atoms with Crippen molar-refractivity contribution in [2.45, 2.75) is 13.8 Å². The van der Waals surface area contributed by atoms with Crippen molar-refractivity contribution < 1.29 is 14.3 Å². The highest BCUT2D eigenvalue weighted by Gasteiger charge is 2.07. The molecule has 0 aromatic rings. The largest absolute Gasteiger partial charge is 0.453 e. The SMILES string of the molecule is C/C=C(/C)C(=O)NC(=O)OC. The number of alkyl carbamates (subject to hydrolysis) is 1. The maximum absolute atomic E-state index is 10.9. The highest BCUT2D eigenvalue weighted by Crippen LogP contribution is 1.90.